The lowest BCUT2D eigenvalue weighted by Gasteiger charge is -2.15. The molecule has 0 radical (unpaired) electrons. The fourth-order valence-electron chi connectivity index (χ4n) is 2.15. The molecule has 0 aromatic heterocycles. The van der Waals surface area contributed by atoms with Crippen molar-refractivity contribution in [1.82, 2.24) is 0 Å². The van der Waals surface area contributed by atoms with Crippen molar-refractivity contribution in [2.75, 3.05) is 5.73 Å². The molecule has 0 saturated heterocycles. The highest BCUT2D eigenvalue weighted by atomic mass is 14.6. The molecule has 0 fully saturated rings. The van der Waals surface area contributed by atoms with Crippen molar-refractivity contribution in [2.24, 2.45) is 0 Å². The van der Waals surface area contributed by atoms with E-state index in [0.29, 0.717) is 5.92 Å². The van der Waals surface area contributed by atoms with Crippen LogP contribution < -0.4 is 5.73 Å². The van der Waals surface area contributed by atoms with Crippen LogP contribution in [0.5, 0.6) is 0 Å². The average Bonchev–Trinajstić information content (AvgIpc) is 2.29. The van der Waals surface area contributed by atoms with E-state index in [1.165, 1.54) is 16.7 Å². The summed E-state index contributed by atoms with van der Waals surface area (Å²) >= 11 is 0. The van der Waals surface area contributed by atoms with Crippen molar-refractivity contribution in [3.8, 4) is 11.1 Å². The minimum Gasteiger partial charge on any atom is -0.398 e. The molecular weight excluding hydrogens is 206 g/mol. The fourth-order valence-corrected chi connectivity index (χ4v) is 2.15. The lowest BCUT2D eigenvalue weighted by Crippen LogP contribution is -1.96. The number of rotatable bonds is 2. The maximum Gasteiger partial charge on any atom is 0.0393 e. The van der Waals surface area contributed by atoms with E-state index in [1.54, 1.807) is 0 Å². The predicted molar refractivity (Wildman–Crippen MR) is 75.1 cm³/mol. The SMILES string of the molecule is Cc1ccc(C(C)C)c(-c2ccccc2N)c1. The van der Waals surface area contributed by atoms with Gasteiger partial charge in [0, 0.05) is 11.3 Å². The quantitative estimate of drug-likeness (QED) is 0.755. The summed E-state index contributed by atoms with van der Waals surface area (Å²) in [6.45, 7) is 6.55. The van der Waals surface area contributed by atoms with Gasteiger partial charge >= 0.3 is 0 Å². The van der Waals surface area contributed by atoms with Gasteiger partial charge in [-0.25, -0.2) is 0 Å². The van der Waals surface area contributed by atoms with Crippen molar-refractivity contribution >= 4 is 5.69 Å². The van der Waals surface area contributed by atoms with Crippen LogP contribution in [0.1, 0.15) is 30.9 Å². The zero-order valence-corrected chi connectivity index (χ0v) is 10.7. The summed E-state index contributed by atoms with van der Waals surface area (Å²) in [5.41, 5.74) is 11.9. The number of hydrogen-bond acceptors (Lipinski definition) is 1. The van der Waals surface area contributed by atoms with Crippen LogP contribution in [0.3, 0.4) is 0 Å². The Morgan fingerprint density at radius 1 is 0.941 bits per heavy atom. The van der Waals surface area contributed by atoms with Crippen LogP contribution in [0.2, 0.25) is 0 Å². The molecular formula is C16H19N. The van der Waals surface area contributed by atoms with Gasteiger partial charge in [0.15, 0.2) is 0 Å². The van der Waals surface area contributed by atoms with E-state index in [9.17, 15) is 0 Å². The van der Waals surface area contributed by atoms with Crippen LogP contribution in [-0.2, 0) is 0 Å². The standard InChI is InChI=1S/C16H19N/c1-11(2)13-9-8-12(3)10-15(13)14-6-4-5-7-16(14)17/h4-11H,17H2,1-3H3. The van der Waals surface area contributed by atoms with Gasteiger partial charge in [0.2, 0.25) is 0 Å². The summed E-state index contributed by atoms with van der Waals surface area (Å²) < 4.78 is 0. The molecule has 0 heterocycles. The second-order valence-electron chi connectivity index (χ2n) is 4.83. The van der Waals surface area contributed by atoms with Gasteiger partial charge in [-0.15, -0.1) is 0 Å². The molecule has 2 aromatic rings. The zero-order chi connectivity index (χ0) is 12.4. The van der Waals surface area contributed by atoms with Crippen molar-refractivity contribution in [3.05, 3.63) is 53.6 Å². The van der Waals surface area contributed by atoms with Crippen LogP contribution in [0.15, 0.2) is 42.5 Å². The Morgan fingerprint density at radius 2 is 1.65 bits per heavy atom. The molecule has 0 bridgehead atoms. The van der Waals surface area contributed by atoms with E-state index in [0.717, 1.165) is 11.3 Å². The van der Waals surface area contributed by atoms with E-state index >= 15 is 0 Å². The van der Waals surface area contributed by atoms with Crippen LogP contribution in [0.25, 0.3) is 11.1 Å². The first-order chi connectivity index (χ1) is 8.09. The van der Waals surface area contributed by atoms with E-state index < -0.39 is 0 Å². The summed E-state index contributed by atoms with van der Waals surface area (Å²) in [5, 5.41) is 0. The molecule has 2 N–H and O–H groups in total. The number of nitrogens with two attached hydrogens (primary N) is 1. The lowest BCUT2D eigenvalue weighted by atomic mass is 9.90. The molecule has 0 aliphatic heterocycles. The van der Waals surface area contributed by atoms with E-state index in [2.05, 4.69) is 45.0 Å². The molecule has 2 aromatic carbocycles. The first-order valence-electron chi connectivity index (χ1n) is 6.05. The molecule has 1 nitrogen and oxygen atoms in total. The second kappa shape index (κ2) is 4.62. The molecule has 0 unspecified atom stereocenters. The van der Waals surface area contributed by atoms with Crippen LogP contribution in [0, 0.1) is 6.92 Å². The number of benzene rings is 2. The van der Waals surface area contributed by atoms with Crippen LogP contribution >= 0.6 is 0 Å². The lowest BCUT2D eigenvalue weighted by molar-refractivity contribution is 0.868. The highest BCUT2D eigenvalue weighted by molar-refractivity contribution is 5.79. The fraction of sp³-hybridized carbons (Fsp3) is 0.250. The number of nitrogen functional groups attached to an aromatic ring is 1. The number of hydrogen-bond donors (Lipinski definition) is 1. The van der Waals surface area contributed by atoms with Crippen molar-refractivity contribution < 1.29 is 0 Å². The van der Waals surface area contributed by atoms with Gasteiger partial charge in [0.25, 0.3) is 0 Å². The van der Waals surface area contributed by atoms with Crippen molar-refractivity contribution in [1.29, 1.82) is 0 Å². The van der Waals surface area contributed by atoms with Crippen LogP contribution in [-0.4, -0.2) is 0 Å². The molecule has 0 atom stereocenters. The molecule has 0 amide bonds. The maximum atomic E-state index is 6.07. The maximum absolute atomic E-state index is 6.07. The normalized spacial score (nSPS) is 10.8. The highest BCUT2D eigenvalue weighted by Crippen LogP contribution is 2.33. The molecule has 1 heteroatoms. The van der Waals surface area contributed by atoms with Gasteiger partial charge in [0.05, 0.1) is 0 Å². The Bertz CT molecular complexity index is 527. The van der Waals surface area contributed by atoms with Crippen LogP contribution in [0.4, 0.5) is 5.69 Å². The summed E-state index contributed by atoms with van der Waals surface area (Å²) in [4.78, 5) is 0. The number of anilines is 1. The van der Waals surface area contributed by atoms with Gasteiger partial charge < -0.3 is 5.73 Å². The molecule has 0 aliphatic carbocycles. The summed E-state index contributed by atoms with van der Waals surface area (Å²) in [5.74, 6) is 0.505. The summed E-state index contributed by atoms with van der Waals surface area (Å²) in [6.07, 6.45) is 0. The number of aryl methyl sites for hydroxylation is 1. The van der Waals surface area contributed by atoms with Gasteiger partial charge in [-0.3, -0.25) is 0 Å². The average molecular weight is 225 g/mol. The van der Waals surface area contributed by atoms with Gasteiger partial charge in [-0.2, -0.15) is 0 Å². The molecule has 0 spiro atoms. The summed E-state index contributed by atoms with van der Waals surface area (Å²) in [7, 11) is 0. The molecule has 0 saturated carbocycles. The zero-order valence-electron chi connectivity index (χ0n) is 10.7. The summed E-state index contributed by atoms with van der Waals surface area (Å²) in [6, 6.07) is 14.7. The van der Waals surface area contributed by atoms with Gasteiger partial charge in [0.1, 0.15) is 0 Å². The Morgan fingerprint density at radius 3 is 2.29 bits per heavy atom. The van der Waals surface area contributed by atoms with Gasteiger partial charge in [-0.05, 0) is 30.0 Å². The third kappa shape index (κ3) is 2.33. The Balaban J connectivity index is 2.65. The third-order valence-corrected chi connectivity index (χ3v) is 3.08. The number of para-hydroxylation sites is 1. The highest BCUT2D eigenvalue weighted by Gasteiger charge is 2.10. The van der Waals surface area contributed by atoms with E-state index in [4.69, 9.17) is 5.73 Å². The topological polar surface area (TPSA) is 26.0 Å². The molecule has 88 valence electrons. The van der Waals surface area contributed by atoms with E-state index in [-0.39, 0.29) is 0 Å². The Kier molecular flexibility index (Phi) is 3.19. The monoisotopic (exact) mass is 225 g/mol. The Labute approximate surface area is 103 Å². The molecule has 17 heavy (non-hydrogen) atoms. The first kappa shape index (κ1) is 11.7. The van der Waals surface area contributed by atoms with E-state index in [1.807, 2.05) is 18.2 Å². The van der Waals surface area contributed by atoms with Crippen molar-refractivity contribution in [2.45, 2.75) is 26.7 Å². The largest absolute Gasteiger partial charge is 0.398 e. The Hall–Kier alpha value is -1.76. The predicted octanol–water partition coefficient (Wildman–Crippen LogP) is 4.37. The minimum absolute atomic E-state index is 0.505. The molecule has 2 rings (SSSR count). The first-order valence-corrected chi connectivity index (χ1v) is 6.05. The molecule has 0 aliphatic rings. The minimum atomic E-state index is 0.505. The second-order valence-corrected chi connectivity index (χ2v) is 4.83. The smallest absolute Gasteiger partial charge is 0.0393 e. The van der Waals surface area contributed by atoms with Gasteiger partial charge in [-0.1, -0.05) is 55.8 Å². The van der Waals surface area contributed by atoms with Crippen molar-refractivity contribution in [3.63, 3.8) is 0 Å². The third-order valence-electron chi connectivity index (χ3n) is 3.08.